The van der Waals surface area contributed by atoms with Gasteiger partial charge in [-0.3, -0.25) is 9.59 Å². The third-order valence-electron chi connectivity index (χ3n) is 4.28. The van der Waals surface area contributed by atoms with Crippen LogP contribution in [-0.2, 0) is 9.59 Å². The van der Waals surface area contributed by atoms with Crippen LogP contribution in [0.25, 0.3) is 0 Å². The average molecular weight is 356 g/mol. The van der Waals surface area contributed by atoms with Crippen LogP contribution in [-0.4, -0.2) is 44.0 Å². The van der Waals surface area contributed by atoms with Crippen LogP contribution in [0.4, 0.5) is 5.69 Å². The second-order valence-corrected chi connectivity index (χ2v) is 6.12. The number of benzene rings is 1. The second kappa shape index (κ2) is 9.49. The molecule has 3 N–H and O–H groups in total. The number of nitrogens with two attached hydrogens (primary N) is 1. The van der Waals surface area contributed by atoms with Crippen molar-refractivity contribution < 1.29 is 14.3 Å². The summed E-state index contributed by atoms with van der Waals surface area (Å²) in [5.41, 5.74) is 6.45. The molecule has 0 saturated heterocycles. The lowest BCUT2D eigenvalue weighted by Gasteiger charge is -2.17. The number of rotatable bonds is 6. The highest BCUT2D eigenvalue weighted by Crippen LogP contribution is 2.32. The maximum atomic E-state index is 12.3. The summed E-state index contributed by atoms with van der Waals surface area (Å²) < 4.78 is 5.40. The van der Waals surface area contributed by atoms with E-state index in [0.717, 1.165) is 24.9 Å². The SMILES string of the molecule is CN(C)C(=O)COc1ccc(NC(=O)[C@@H]2CCC[C@@H]2CN)cc1.Cl. The zero-order valence-corrected chi connectivity index (χ0v) is 15.0. The molecule has 0 aromatic heterocycles. The zero-order valence-electron chi connectivity index (χ0n) is 14.2. The molecule has 1 aliphatic carbocycles. The van der Waals surface area contributed by atoms with Crippen LogP contribution in [0.3, 0.4) is 0 Å². The summed E-state index contributed by atoms with van der Waals surface area (Å²) in [6, 6.07) is 7.04. The zero-order chi connectivity index (χ0) is 16.8. The fourth-order valence-corrected chi connectivity index (χ4v) is 2.81. The van der Waals surface area contributed by atoms with Gasteiger partial charge in [-0.15, -0.1) is 12.4 Å². The lowest BCUT2D eigenvalue weighted by Crippen LogP contribution is -2.29. The summed E-state index contributed by atoms with van der Waals surface area (Å²) in [6.07, 6.45) is 3.00. The summed E-state index contributed by atoms with van der Waals surface area (Å²) in [6.45, 7) is 0.559. The van der Waals surface area contributed by atoms with Crippen LogP contribution in [0.2, 0.25) is 0 Å². The van der Waals surface area contributed by atoms with Crippen molar-refractivity contribution in [3.63, 3.8) is 0 Å². The number of hydrogen-bond donors (Lipinski definition) is 2. The van der Waals surface area contributed by atoms with Gasteiger partial charge in [0.25, 0.3) is 5.91 Å². The summed E-state index contributed by atoms with van der Waals surface area (Å²) >= 11 is 0. The first-order valence-corrected chi connectivity index (χ1v) is 7.95. The Bertz CT molecular complexity index is 549. The Kier molecular flexibility index (Phi) is 8.01. The molecular weight excluding hydrogens is 330 g/mol. The summed E-state index contributed by atoms with van der Waals surface area (Å²) in [5, 5.41) is 2.93. The topological polar surface area (TPSA) is 84.7 Å². The van der Waals surface area contributed by atoms with E-state index in [1.54, 1.807) is 38.4 Å². The molecular formula is C17H26ClN3O3. The Balaban J connectivity index is 0.00000288. The summed E-state index contributed by atoms with van der Waals surface area (Å²) in [5.74, 6) is 0.827. The molecule has 1 saturated carbocycles. The number of amides is 2. The number of ether oxygens (including phenoxy) is 1. The Labute approximate surface area is 149 Å². The van der Waals surface area contributed by atoms with Gasteiger partial charge in [-0.2, -0.15) is 0 Å². The minimum atomic E-state index is -0.101. The third kappa shape index (κ3) is 5.39. The van der Waals surface area contributed by atoms with Crippen molar-refractivity contribution in [3.05, 3.63) is 24.3 Å². The standard InChI is InChI=1S/C17H25N3O3.ClH/c1-20(2)16(21)11-23-14-8-6-13(7-9-14)19-17(22)15-5-3-4-12(15)10-18;/h6-9,12,15H,3-5,10-11,18H2,1-2H3,(H,19,22);1H/t12-,15-;/m1./s1. The number of halogens is 1. The maximum Gasteiger partial charge on any atom is 0.259 e. The minimum Gasteiger partial charge on any atom is -0.484 e. The van der Waals surface area contributed by atoms with E-state index in [2.05, 4.69) is 5.32 Å². The van der Waals surface area contributed by atoms with Gasteiger partial charge in [0, 0.05) is 25.7 Å². The van der Waals surface area contributed by atoms with Gasteiger partial charge in [-0.05, 0) is 49.6 Å². The Morgan fingerprint density at radius 3 is 2.50 bits per heavy atom. The molecule has 2 atom stereocenters. The van der Waals surface area contributed by atoms with E-state index in [-0.39, 0.29) is 42.7 Å². The van der Waals surface area contributed by atoms with Crippen molar-refractivity contribution in [2.24, 2.45) is 17.6 Å². The van der Waals surface area contributed by atoms with E-state index in [1.165, 1.54) is 4.90 Å². The van der Waals surface area contributed by atoms with Crippen molar-refractivity contribution >= 4 is 29.9 Å². The number of anilines is 1. The highest BCUT2D eigenvalue weighted by Gasteiger charge is 2.31. The van der Waals surface area contributed by atoms with Crippen LogP contribution >= 0.6 is 12.4 Å². The molecule has 134 valence electrons. The number of nitrogens with one attached hydrogen (secondary N) is 1. The van der Waals surface area contributed by atoms with Crippen molar-refractivity contribution in [1.29, 1.82) is 0 Å². The average Bonchev–Trinajstić information content (AvgIpc) is 3.02. The molecule has 0 aliphatic heterocycles. The van der Waals surface area contributed by atoms with Crippen LogP contribution in [0.1, 0.15) is 19.3 Å². The first-order valence-electron chi connectivity index (χ1n) is 7.95. The smallest absolute Gasteiger partial charge is 0.259 e. The molecule has 1 aliphatic rings. The van der Waals surface area contributed by atoms with Gasteiger partial charge in [0.15, 0.2) is 6.61 Å². The normalized spacial score (nSPS) is 19.3. The van der Waals surface area contributed by atoms with Gasteiger partial charge in [0.1, 0.15) is 5.75 Å². The highest BCUT2D eigenvalue weighted by atomic mass is 35.5. The van der Waals surface area contributed by atoms with Crippen LogP contribution in [0.15, 0.2) is 24.3 Å². The van der Waals surface area contributed by atoms with E-state index >= 15 is 0 Å². The Hall–Kier alpha value is -1.79. The van der Waals surface area contributed by atoms with E-state index in [4.69, 9.17) is 10.5 Å². The molecule has 7 heteroatoms. The first-order chi connectivity index (χ1) is 11.0. The molecule has 0 unspecified atom stereocenters. The van der Waals surface area contributed by atoms with Gasteiger partial charge < -0.3 is 20.7 Å². The van der Waals surface area contributed by atoms with E-state index < -0.39 is 0 Å². The predicted octanol–water partition coefficient (Wildman–Crippen LogP) is 1.89. The number of hydrogen-bond acceptors (Lipinski definition) is 4. The van der Waals surface area contributed by atoms with Gasteiger partial charge in [0.05, 0.1) is 0 Å². The fourth-order valence-electron chi connectivity index (χ4n) is 2.81. The maximum absolute atomic E-state index is 12.3. The van der Waals surface area contributed by atoms with E-state index in [9.17, 15) is 9.59 Å². The second-order valence-electron chi connectivity index (χ2n) is 6.12. The molecule has 6 nitrogen and oxygen atoms in total. The fraction of sp³-hybridized carbons (Fsp3) is 0.529. The molecule has 24 heavy (non-hydrogen) atoms. The highest BCUT2D eigenvalue weighted by molar-refractivity contribution is 5.93. The van der Waals surface area contributed by atoms with Crippen LogP contribution in [0.5, 0.6) is 5.75 Å². The van der Waals surface area contributed by atoms with Crippen LogP contribution in [0, 0.1) is 11.8 Å². The van der Waals surface area contributed by atoms with Gasteiger partial charge in [0.2, 0.25) is 5.91 Å². The van der Waals surface area contributed by atoms with Gasteiger partial charge in [-0.25, -0.2) is 0 Å². The minimum absolute atomic E-state index is 0. The van der Waals surface area contributed by atoms with Crippen molar-refractivity contribution in [1.82, 2.24) is 4.90 Å². The van der Waals surface area contributed by atoms with Crippen molar-refractivity contribution in [2.45, 2.75) is 19.3 Å². The quantitative estimate of drug-likeness (QED) is 0.816. The number of nitrogens with zero attached hydrogens (tertiary/aromatic N) is 1. The van der Waals surface area contributed by atoms with Crippen molar-refractivity contribution in [2.75, 3.05) is 32.6 Å². The number of carbonyl (C=O) groups excluding carboxylic acids is 2. The lowest BCUT2D eigenvalue weighted by atomic mass is 9.95. The third-order valence-corrected chi connectivity index (χ3v) is 4.28. The van der Waals surface area contributed by atoms with E-state index in [0.29, 0.717) is 12.3 Å². The predicted molar refractivity (Wildman–Crippen MR) is 96.4 cm³/mol. The van der Waals surface area contributed by atoms with Gasteiger partial charge in [-0.1, -0.05) is 6.42 Å². The molecule has 2 amide bonds. The van der Waals surface area contributed by atoms with Crippen LogP contribution < -0.4 is 15.8 Å². The van der Waals surface area contributed by atoms with E-state index in [1.807, 2.05) is 0 Å². The Morgan fingerprint density at radius 1 is 1.25 bits per heavy atom. The molecule has 1 aromatic rings. The van der Waals surface area contributed by atoms with Gasteiger partial charge >= 0.3 is 0 Å². The monoisotopic (exact) mass is 355 g/mol. The summed E-state index contributed by atoms with van der Waals surface area (Å²) in [4.78, 5) is 25.3. The molecule has 2 rings (SSSR count). The molecule has 1 fully saturated rings. The first kappa shape index (κ1) is 20.3. The number of likely N-dealkylation sites (N-methyl/N-ethyl adjacent to an activating group) is 1. The molecule has 0 heterocycles. The molecule has 1 aromatic carbocycles. The lowest BCUT2D eigenvalue weighted by molar-refractivity contribution is -0.130. The Morgan fingerprint density at radius 2 is 1.92 bits per heavy atom. The summed E-state index contributed by atoms with van der Waals surface area (Å²) in [7, 11) is 3.36. The molecule has 0 bridgehead atoms. The largest absolute Gasteiger partial charge is 0.484 e. The number of carbonyl (C=O) groups is 2. The van der Waals surface area contributed by atoms with Crippen molar-refractivity contribution in [3.8, 4) is 5.75 Å². The molecule has 0 spiro atoms. The molecule has 0 radical (unpaired) electrons.